The largest absolute Gasteiger partial charge is 0.296 e. The molecule has 0 aromatic carbocycles. The summed E-state index contributed by atoms with van der Waals surface area (Å²) in [6, 6.07) is 0. The van der Waals surface area contributed by atoms with Gasteiger partial charge in [-0.2, -0.15) is 0 Å². The lowest BCUT2D eigenvalue weighted by Gasteiger charge is -2.51. The maximum Gasteiger partial charge on any atom is 0.183 e. The standard InChI is InChI=1S/C12H10Cl4O2/c1-4-7-5(11(13,14)9(7)17)2-3-6-8(4)10(18)12(6,15)16/h2-8H,1H3/t4?,5-,6+,7+,8-. The summed E-state index contributed by atoms with van der Waals surface area (Å²) in [5.41, 5.74) is 0. The highest BCUT2D eigenvalue weighted by molar-refractivity contribution is 6.62. The first-order valence-corrected chi connectivity index (χ1v) is 7.24. The zero-order valence-corrected chi connectivity index (χ0v) is 12.4. The Morgan fingerprint density at radius 1 is 0.889 bits per heavy atom. The van der Waals surface area contributed by atoms with Gasteiger partial charge in [-0.25, -0.2) is 0 Å². The first kappa shape index (κ1) is 13.2. The van der Waals surface area contributed by atoms with Crippen LogP contribution in [0.15, 0.2) is 12.2 Å². The van der Waals surface area contributed by atoms with Crippen molar-refractivity contribution in [3.8, 4) is 0 Å². The average Bonchev–Trinajstić information content (AvgIpc) is 2.43. The second-order valence-corrected chi connectivity index (χ2v) is 8.09. The van der Waals surface area contributed by atoms with Crippen molar-refractivity contribution in [3.63, 3.8) is 0 Å². The minimum Gasteiger partial charge on any atom is -0.296 e. The summed E-state index contributed by atoms with van der Waals surface area (Å²) in [6.45, 7) is 1.87. The molecule has 2 fully saturated rings. The Morgan fingerprint density at radius 2 is 1.22 bits per heavy atom. The van der Waals surface area contributed by atoms with Crippen LogP contribution in [0.1, 0.15) is 6.92 Å². The number of carbonyl (C=O) groups excluding carboxylic acids is 2. The molecule has 0 spiro atoms. The van der Waals surface area contributed by atoms with E-state index in [0.717, 1.165) is 0 Å². The zero-order chi connectivity index (χ0) is 13.5. The molecule has 3 aliphatic rings. The molecule has 0 amide bonds. The number of carbonyl (C=O) groups is 2. The highest BCUT2D eigenvalue weighted by Crippen LogP contribution is 2.61. The summed E-state index contributed by atoms with van der Waals surface area (Å²) in [6.07, 6.45) is 3.58. The van der Waals surface area contributed by atoms with Crippen molar-refractivity contribution in [2.24, 2.45) is 29.6 Å². The van der Waals surface area contributed by atoms with Gasteiger partial charge in [0.2, 0.25) is 0 Å². The van der Waals surface area contributed by atoms with Gasteiger partial charge in [0.1, 0.15) is 0 Å². The van der Waals surface area contributed by atoms with E-state index in [4.69, 9.17) is 46.4 Å². The predicted octanol–water partition coefficient (Wildman–Crippen LogP) is 3.17. The Balaban J connectivity index is 1.99. The molecule has 0 aliphatic heterocycles. The molecule has 2 saturated carbocycles. The molecule has 18 heavy (non-hydrogen) atoms. The summed E-state index contributed by atoms with van der Waals surface area (Å²) in [5, 5.41) is 0. The van der Waals surface area contributed by atoms with Crippen LogP contribution < -0.4 is 0 Å². The van der Waals surface area contributed by atoms with Crippen LogP contribution in [0.3, 0.4) is 0 Å². The molecule has 3 rings (SSSR count). The molecule has 3 aliphatic carbocycles. The number of allylic oxidation sites excluding steroid dienone is 2. The van der Waals surface area contributed by atoms with Gasteiger partial charge >= 0.3 is 0 Å². The first-order valence-electron chi connectivity index (χ1n) is 5.73. The van der Waals surface area contributed by atoms with E-state index in [0.29, 0.717) is 0 Å². The molecule has 6 heteroatoms. The SMILES string of the molecule is CC1[C@H]2C(=O)C(Cl)(Cl)[C@H]2C=C[C@@H]2[C@H]1C(=O)C2(Cl)Cl. The van der Waals surface area contributed by atoms with E-state index < -0.39 is 8.67 Å². The lowest BCUT2D eigenvalue weighted by molar-refractivity contribution is -0.144. The molecule has 5 atom stereocenters. The number of hydrogen-bond acceptors (Lipinski definition) is 2. The molecule has 0 bridgehead atoms. The molecular formula is C12H10Cl4O2. The van der Waals surface area contributed by atoms with E-state index in [1.807, 2.05) is 6.92 Å². The van der Waals surface area contributed by atoms with Crippen molar-refractivity contribution in [2.45, 2.75) is 15.6 Å². The van der Waals surface area contributed by atoms with E-state index in [1.54, 1.807) is 12.2 Å². The van der Waals surface area contributed by atoms with Crippen molar-refractivity contribution in [1.29, 1.82) is 0 Å². The molecule has 0 N–H and O–H groups in total. The smallest absolute Gasteiger partial charge is 0.183 e. The number of Topliss-reactive ketones (excluding diaryl/α,β-unsaturated/α-hetero) is 2. The Morgan fingerprint density at radius 3 is 1.56 bits per heavy atom. The van der Waals surface area contributed by atoms with Crippen LogP contribution >= 0.6 is 46.4 Å². The highest BCUT2D eigenvalue weighted by Gasteiger charge is 2.69. The van der Waals surface area contributed by atoms with Crippen molar-refractivity contribution < 1.29 is 9.59 Å². The van der Waals surface area contributed by atoms with Crippen LogP contribution in [0.4, 0.5) is 0 Å². The average molecular weight is 328 g/mol. The van der Waals surface area contributed by atoms with E-state index in [1.165, 1.54) is 0 Å². The highest BCUT2D eigenvalue weighted by atomic mass is 35.5. The second-order valence-electron chi connectivity index (χ2n) is 5.32. The number of alkyl halides is 4. The van der Waals surface area contributed by atoms with Gasteiger partial charge in [-0.15, -0.1) is 0 Å². The fraction of sp³-hybridized carbons (Fsp3) is 0.667. The van der Waals surface area contributed by atoms with Crippen molar-refractivity contribution in [2.75, 3.05) is 0 Å². The van der Waals surface area contributed by atoms with Crippen molar-refractivity contribution >= 4 is 58.0 Å². The van der Waals surface area contributed by atoms with Crippen LogP contribution in [-0.4, -0.2) is 20.2 Å². The molecule has 0 aromatic heterocycles. The van der Waals surface area contributed by atoms with Gasteiger partial charge in [0, 0.05) is 23.7 Å². The van der Waals surface area contributed by atoms with Crippen molar-refractivity contribution in [1.82, 2.24) is 0 Å². The lowest BCUT2D eigenvalue weighted by atomic mass is 9.58. The first-order chi connectivity index (χ1) is 8.20. The number of ketones is 2. The molecule has 0 radical (unpaired) electrons. The number of fused-ring (bicyclic) bond motifs is 2. The maximum atomic E-state index is 12.0. The van der Waals surface area contributed by atoms with Gasteiger partial charge in [0.05, 0.1) is 0 Å². The minimum absolute atomic E-state index is 0.133. The van der Waals surface area contributed by atoms with Crippen LogP contribution in [0.5, 0.6) is 0 Å². The van der Waals surface area contributed by atoms with E-state index in [2.05, 4.69) is 0 Å². The topological polar surface area (TPSA) is 34.1 Å². The Bertz CT molecular complexity index is 440. The van der Waals surface area contributed by atoms with Crippen LogP contribution in [0, 0.1) is 29.6 Å². The monoisotopic (exact) mass is 326 g/mol. The third-order valence-electron chi connectivity index (χ3n) is 4.53. The maximum absolute atomic E-state index is 12.0. The molecule has 0 aromatic rings. The second kappa shape index (κ2) is 3.66. The summed E-state index contributed by atoms with van der Waals surface area (Å²) in [7, 11) is 0. The van der Waals surface area contributed by atoms with Gasteiger partial charge in [-0.3, -0.25) is 9.59 Å². The number of rotatable bonds is 0. The van der Waals surface area contributed by atoms with E-state index in [-0.39, 0.29) is 41.2 Å². The molecular weight excluding hydrogens is 318 g/mol. The zero-order valence-electron chi connectivity index (χ0n) is 9.37. The number of halogens is 4. The minimum atomic E-state index is -1.37. The summed E-state index contributed by atoms with van der Waals surface area (Å²) >= 11 is 24.0. The van der Waals surface area contributed by atoms with E-state index >= 15 is 0 Å². The lowest BCUT2D eigenvalue weighted by Crippen LogP contribution is -2.63. The van der Waals surface area contributed by atoms with E-state index in [9.17, 15) is 9.59 Å². The van der Waals surface area contributed by atoms with Crippen LogP contribution in [0.25, 0.3) is 0 Å². The Labute approximate surface area is 125 Å². The number of hydrogen-bond donors (Lipinski definition) is 0. The van der Waals surface area contributed by atoms with Crippen LogP contribution in [0.2, 0.25) is 0 Å². The molecule has 0 heterocycles. The molecule has 0 saturated heterocycles. The van der Waals surface area contributed by atoms with Crippen molar-refractivity contribution in [3.05, 3.63) is 12.2 Å². The Hall–Kier alpha value is 0.240. The summed E-state index contributed by atoms with van der Waals surface area (Å²) < 4.78 is -2.74. The van der Waals surface area contributed by atoms with Gasteiger partial charge < -0.3 is 0 Å². The molecule has 2 nitrogen and oxygen atoms in total. The quantitative estimate of drug-likeness (QED) is 0.506. The summed E-state index contributed by atoms with van der Waals surface area (Å²) in [5.74, 6) is -1.67. The molecule has 98 valence electrons. The Kier molecular flexibility index (Phi) is 2.69. The molecule has 1 unspecified atom stereocenters. The third-order valence-corrected chi connectivity index (χ3v) is 6.29. The third kappa shape index (κ3) is 1.33. The van der Waals surface area contributed by atoms with Gasteiger partial charge in [0.15, 0.2) is 20.2 Å². The normalized spacial score (nSPS) is 47.5. The summed E-state index contributed by atoms with van der Waals surface area (Å²) in [4.78, 5) is 23.9. The van der Waals surface area contributed by atoms with Gasteiger partial charge in [-0.1, -0.05) is 65.5 Å². The van der Waals surface area contributed by atoms with Gasteiger partial charge in [-0.05, 0) is 5.92 Å². The van der Waals surface area contributed by atoms with Gasteiger partial charge in [0.25, 0.3) is 0 Å². The van der Waals surface area contributed by atoms with Crippen LogP contribution in [-0.2, 0) is 9.59 Å². The fourth-order valence-electron chi connectivity index (χ4n) is 3.43. The fourth-order valence-corrected chi connectivity index (χ4v) is 4.77. The predicted molar refractivity (Wildman–Crippen MR) is 71.2 cm³/mol.